The Labute approximate surface area is 130 Å². The summed E-state index contributed by atoms with van der Waals surface area (Å²) in [5.41, 5.74) is 1.07. The highest BCUT2D eigenvalue weighted by Gasteiger charge is 2.24. The lowest BCUT2D eigenvalue weighted by atomic mass is 9.85. The highest BCUT2D eigenvalue weighted by molar-refractivity contribution is 9.08. The van der Waals surface area contributed by atoms with E-state index in [4.69, 9.17) is 0 Å². The molecule has 0 heterocycles. The fourth-order valence-electron chi connectivity index (χ4n) is 2.80. The minimum Gasteiger partial charge on any atom is -0.208 e. The number of nitrogens with one attached hydrogen (secondary N) is 1. The van der Waals surface area contributed by atoms with E-state index in [0.29, 0.717) is 10.8 Å². The van der Waals surface area contributed by atoms with Crippen molar-refractivity contribution in [3.63, 3.8) is 0 Å². The summed E-state index contributed by atoms with van der Waals surface area (Å²) in [5, 5.41) is 0.735. The molecule has 3 nitrogen and oxygen atoms in total. The lowest BCUT2D eigenvalue weighted by molar-refractivity contribution is 0.303. The summed E-state index contributed by atoms with van der Waals surface area (Å²) < 4.78 is 27.6. The third-order valence-electron chi connectivity index (χ3n) is 4.09. The van der Waals surface area contributed by atoms with Gasteiger partial charge >= 0.3 is 0 Å². The molecule has 1 atom stereocenters. The second-order valence-electron chi connectivity index (χ2n) is 5.59. The zero-order chi connectivity index (χ0) is 14.6. The molecule has 0 bridgehead atoms. The molecule has 1 aromatic rings. The van der Waals surface area contributed by atoms with Gasteiger partial charge in [0.1, 0.15) is 0 Å². The number of alkyl halides is 1. The quantitative estimate of drug-likeness (QED) is 0.812. The minimum absolute atomic E-state index is 0.0103. The maximum atomic E-state index is 12.4. The van der Waals surface area contributed by atoms with Crippen LogP contribution in [0.2, 0.25) is 0 Å². The average molecular weight is 360 g/mol. The Morgan fingerprint density at radius 3 is 2.35 bits per heavy atom. The van der Waals surface area contributed by atoms with Crippen molar-refractivity contribution in [2.45, 2.75) is 55.3 Å². The molecule has 0 saturated heterocycles. The van der Waals surface area contributed by atoms with E-state index in [1.807, 2.05) is 19.1 Å². The molecule has 1 aromatic carbocycles. The number of sulfonamides is 1. The fourth-order valence-corrected chi connectivity index (χ4v) is 4.49. The highest BCUT2D eigenvalue weighted by Crippen LogP contribution is 2.27. The molecular formula is C15H22BrNO2S. The summed E-state index contributed by atoms with van der Waals surface area (Å²) in [7, 11) is -3.40. The third kappa shape index (κ3) is 4.06. The number of rotatable bonds is 5. The van der Waals surface area contributed by atoms with E-state index in [1.165, 1.54) is 19.3 Å². The van der Waals surface area contributed by atoms with Crippen LogP contribution < -0.4 is 4.72 Å². The van der Waals surface area contributed by atoms with E-state index in [1.54, 1.807) is 12.1 Å². The van der Waals surface area contributed by atoms with Gasteiger partial charge in [0.25, 0.3) is 0 Å². The molecule has 0 spiro atoms. The third-order valence-corrected chi connectivity index (χ3v) is 6.31. The van der Waals surface area contributed by atoms with E-state index >= 15 is 0 Å². The van der Waals surface area contributed by atoms with Crippen molar-refractivity contribution in [2.24, 2.45) is 5.92 Å². The summed E-state index contributed by atoms with van der Waals surface area (Å²) in [4.78, 5) is 0.352. The van der Waals surface area contributed by atoms with Gasteiger partial charge in [-0.15, -0.1) is 0 Å². The van der Waals surface area contributed by atoms with E-state index < -0.39 is 10.0 Å². The Bertz CT molecular complexity index is 521. The molecule has 1 saturated carbocycles. The van der Waals surface area contributed by atoms with Crippen LogP contribution in [-0.4, -0.2) is 14.5 Å². The van der Waals surface area contributed by atoms with E-state index in [-0.39, 0.29) is 6.04 Å². The fraction of sp³-hybridized carbons (Fsp3) is 0.600. The summed E-state index contributed by atoms with van der Waals surface area (Å²) in [6.07, 6.45) is 5.98. The maximum absolute atomic E-state index is 12.4. The van der Waals surface area contributed by atoms with Crippen LogP contribution in [0.4, 0.5) is 0 Å². The average Bonchev–Trinajstić information content (AvgIpc) is 2.48. The minimum atomic E-state index is -3.40. The molecule has 0 amide bonds. The Hall–Kier alpha value is -0.390. The lowest BCUT2D eigenvalue weighted by Crippen LogP contribution is -2.38. The number of hydrogen-bond acceptors (Lipinski definition) is 2. The topological polar surface area (TPSA) is 46.2 Å². The van der Waals surface area contributed by atoms with Crippen LogP contribution in [0.25, 0.3) is 0 Å². The van der Waals surface area contributed by atoms with Gasteiger partial charge in [-0.05, 0) is 43.4 Å². The molecule has 1 fully saturated rings. The van der Waals surface area contributed by atoms with Crippen molar-refractivity contribution in [3.05, 3.63) is 29.8 Å². The van der Waals surface area contributed by atoms with Gasteiger partial charge in [0.05, 0.1) is 4.90 Å². The van der Waals surface area contributed by atoms with Gasteiger partial charge in [-0.25, -0.2) is 13.1 Å². The summed E-state index contributed by atoms with van der Waals surface area (Å²) in [6, 6.07) is 7.04. The monoisotopic (exact) mass is 359 g/mol. The molecule has 5 heteroatoms. The first-order valence-electron chi connectivity index (χ1n) is 7.20. The first kappa shape index (κ1) is 16.0. The van der Waals surface area contributed by atoms with E-state index in [9.17, 15) is 8.42 Å². The van der Waals surface area contributed by atoms with Crippen LogP contribution >= 0.6 is 15.9 Å². The van der Waals surface area contributed by atoms with Crippen molar-refractivity contribution < 1.29 is 8.42 Å². The zero-order valence-corrected chi connectivity index (χ0v) is 14.2. The van der Waals surface area contributed by atoms with Gasteiger partial charge in [0, 0.05) is 11.4 Å². The highest BCUT2D eigenvalue weighted by atomic mass is 79.9. The molecule has 20 heavy (non-hydrogen) atoms. The summed E-state index contributed by atoms with van der Waals surface area (Å²) in [6.45, 7) is 1.99. The predicted octanol–water partition coefficient (Wildman–Crippen LogP) is 3.83. The Morgan fingerprint density at radius 1 is 1.20 bits per heavy atom. The Kier molecular flexibility index (Phi) is 5.64. The molecule has 0 unspecified atom stereocenters. The second-order valence-corrected chi connectivity index (χ2v) is 7.86. The SMILES string of the molecule is C[C@@H](NS(=O)(=O)c1ccc(CBr)cc1)C1CCCCC1. The smallest absolute Gasteiger partial charge is 0.208 e. The second kappa shape index (κ2) is 7.05. The number of benzene rings is 1. The Morgan fingerprint density at radius 2 is 1.80 bits per heavy atom. The summed E-state index contributed by atoms with van der Waals surface area (Å²) >= 11 is 3.36. The largest absolute Gasteiger partial charge is 0.240 e. The molecule has 112 valence electrons. The van der Waals surface area contributed by atoms with Gasteiger partial charge in [-0.3, -0.25) is 0 Å². The first-order chi connectivity index (χ1) is 9.53. The van der Waals surface area contributed by atoms with Crippen LogP contribution in [-0.2, 0) is 15.4 Å². The van der Waals surface area contributed by atoms with Crippen molar-refractivity contribution in [3.8, 4) is 0 Å². The predicted molar refractivity (Wildman–Crippen MR) is 85.4 cm³/mol. The van der Waals surface area contributed by atoms with E-state index in [2.05, 4.69) is 20.7 Å². The zero-order valence-electron chi connectivity index (χ0n) is 11.8. The molecule has 1 aliphatic rings. The molecule has 0 radical (unpaired) electrons. The van der Waals surface area contributed by atoms with Gasteiger partial charge < -0.3 is 0 Å². The molecule has 0 aromatic heterocycles. The number of hydrogen-bond donors (Lipinski definition) is 1. The molecular weight excluding hydrogens is 338 g/mol. The maximum Gasteiger partial charge on any atom is 0.240 e. The molecule has 1 aliphatic carbocycles. The van der Waals surface area contributed by atoms with Gasteiger partial charge in [-0.2, -0.15) is 0 Å². The van der Waals surface area contributed by atoms with Crippen LogP contribution in [0.3, 0.4) is 0 Å². The normalized spacial score (nSPS) is 18.9. The number of halogens is 1. The lowest BCUT2D eigenvalue weighted by Gasteiger charge is -2.28. The van der Waals surface area contributed by atoms with Crippen LogP contribution in [0, 0.1) is 5.92 Å². The Balaban J connectivity index is 2.05. The van der Waals surface area contributed by atoms with Gasteiger partial charge in [0.2, 0.25) is 10.0 Å². The molecule has 2 rings (SSSR count). The van der Waals surface area contributed by atoms with Gasteiger partial charge in [0.15, 0.2) is 0 Å². The van der Waals surface area contributed by atoms with Crippen molar-refractivity contribution in [1.29, 1.82) is 0 Å². The van der Waals surface area contributed by atoms with Crippen LogP contribution in [0.15, 0.2) is 29.2 Å². The first-order valence-corrected chi connectivity index (χ1v) is 9.80. The molecule has 1 N–H and O–H groups in total. The standard InChI is InChI=1S/C15H22BrNO2S/c1-12(14-5-3-2-4-6-14)17-20(18,19)15-9-7-13(11-16)8-10-15/h7-10,12,14,17H,2-6,11H2,1H3/t12-/m1/s1. The van der Waals surface area contributed by atoms with Crippen LogP contribution in [0.1, 0.15) is 44.6 Å². The van der Waals surface area contributed by atoms with Crippen molar-refractivity contribution in [2.75, 3.05) is 0 Å². The van der Waals surface area contributed by atoms with Gasteiger partial charge in [-0.1, -0.05) is 47.3 Å². The molecule has 0 aliphatic heterocycles. The van der Waals surface area contributed by atoms with E-state index in [0.717, 1.165) is 23.7 Å². The van der Waals surface area contributed by atoms with Crippen molar-refractivity contribution in [1.82, 2.24) is 4.72 Å². The van der Waals surface area contributed by atoms with Crippen molar-refractivity contribution >= 4 is 26.0 Å². The van der Waals surface area contributed by atoms with Crippen LogP contribution in [0.5, 0.6) is 0 Å². The summed E-state index contributed by atoms with van der Waals surface area (Å²) in [5.74, 6) is 0.473.